The van der Waals surface area contributed by atoms with Crippen LogP contribution in [0.2, 0.25) is 0 Å². The number of Topliss-reactive ketones (excluding diaryl/α,β-unsaturated/α-hetero) is 1. The third-order valence-electron chi connectivity index (χ3n) is 3.35. The van der Waals surface area contributed by atoms with Crippen LogP contribution in [0, 0.1) is 0 Å². The van der Waals surface area contributed by atoms with Gasteiger partial charge in [0.15, 0.2) is 11.5 Å². The van der Waals surface area contributed by atoms with Gasteiger partial charge in [0.25, 0.3) is 5.56 Å². The van der Waals surface area contributed by atoms with Crippen molar-refractivity contribution < 1.29 is 4.79 Å². The maximum Gasteiger partial charge on any atom is 0.278 e. The first-order valence-electron chi connectivity index (χ1n) is 6.80. The van der Waals surface area contributed by atoms with Gasteiger partial charge in [-0.25, -0.2) is 4.98 Å². The predicted molar refractivity (Wildman–Crippen MR) is 81.5 cm³/mol. The molecule has 0 bridgehead atoms. The van der Waals surface area contributed by atoms with Crippen LogP contribution in [-0.2, 0) is 6.42 Å². The van der Waals surface area contributed by atoms with Gasteiger partial charge in [0, 0.05) is 6.42 Å². The number of carbonyl (C=O) groups excluding carboxylic acids is 1. The van der Waals surface area contributed by atoms with Crippen molar-refractivity contribution >= 4 is 16.8 Å². The van der Waals surface area contributed by atoms with E-state index in [2.05, 4.69) is 9.97 Å². The number of benzene rings is 2. The first-order valence-corrected chi connectivity index (χ1v) is 6.80. The molecule has 3 aromatic rings. The Bertz CT molecular complexity index is 838. The number of fused-ring (bicyclic) bond motifs is 1. The number of aromatic amines is 1. The van der Waals surface area contributed by atoms with Crippen LogP contribution in [0.5, 0.6) is 0 Å². The molecule has 0 spiro atoms. The number of aromatic nitrogens is 2. The number of carbonyl (C=O) groups is 1. The molecule has 1 N–H and O–H groups in total. The van der Waals surface area contributed by atoms with Crippen molar-refractivity contribution in [3.63, 3.8) is 0 Å². The van der Waals surface area contributed by atoms with Crippen molar-refractivity contribution in [2.45, 2.75) is 12.8 Å². The Morgan fingerprint density at radius 1 is 1.00 bits per heavy atom. The lowest BCUT2D eigenvalue weighted by atomic mass is 10.1. The molecular formula is C17H14N2O2. The summed E-state index contributed by atoms with van der Waals surface area (Å²) in [6.07, 6.45) is 0.881. The zero-order chi connectivity index (χ0) is 14.7. The second-order valence-electron chi connectivity index (χ2n) is 4.84. The van der Waals surface area contributed by atoms with Crippen molar-refractivity contribution in [1.82, 2.24) is 9.97 Å². The molecule has 1 heterocycles. The Kier molecular flexibility index (Phi) is 3.60. The van der Waals surface area contributed by atoms with Crippen LogP contribution in [0.3, 0.4) is 0 Å². The van der Waals surface area contributed by atoms with Gasteiger partial charge in [-0.3, -0.25) is 9.59 Å². The van der Waals surface area contributed by atoms with Crippen molar-refractivity contribution in [2.24, 2.45) is 0 Å². The highest BCUT2D eigenvalue weighted by molar-refractivity contribution is 5.95. The summed E-state index contributed by atoms with van der Waals surface area (Å²) >= 11 is 0. The number of aryl methyl sites for hydroxylation is 1. The standard InChI is InChI=1S/C17H14N2O2/c20-15(11-10-12-6-2-1-3-7-12)16-17(21)19-14-9-5-4-8-13(14)18-16/h1-9H,10-11H2,(H,19,21). The Hall–Kier alpha value is -2.75. The van der Waals surface area contributed by atoms with E-state index in [0.29, 0.717) is 17.5 Å². The van der Waals surface area contributed by atoms with Crippen molar-refractivity contribution in [2.75, 3.05) is 0 Å². The van der Waals surface area contributed by atoms with E-state index >= 15 is 0 Å². The van der Waals surface area contributed by atoms with Crippen molar-refractivity contribution in [3.05, 3.63) is 76.2 Å². The van der Waals surface area contributed by atoms with E-state index in [9.17, 15) is 9.59 Å². The molecular weight excluding hydrogens is 264 g/mol. The molecule has 104 valence electrons. The molecule has 0 aliphatic carbocycles. The Morgan fingerprint density at radius 2 is 1.71 bits per heavy atom. The molecule has 4 heteroatoms. The zero-order valence-electron chi connectivity index (χ0n) is 11.4. The van der Waals surface area contributed by atoms with E-state index < -0.39 is 5.56 Å². The first-order chi connectivity index (χ1) is 10.2. The second kappa shape index (κ2) is 5.71. The second-order valence-corrected chi connectivity index (χ2v) is 4.84. The molecule has 0 saturated carbocycles. The molecule has 4 nitrogen and oxygen atoms in total. The molecule has 0 radical (unpaired) electrons. The maximum atomic E-state index is 12.2. The van der Waals surface area contributed by atoms with Gasteiger partial charge in [-0.2, -0.15) is 0 Å². The number of hydrogen-bond donors (Lipinski definition) is 1. The van der Waals surface area contributed by atoms with E-state index in [0.717, 1.165) is 5.56 Å². The average Bonchev–Trinajstić information content (AvgIpc) is 2.53. The Balaban J connectivity index is 1.84. The topological polar surface area (TPSA) is 62.8 Å². The lowest BCUT2D eigenvalue weighted by Gasteiger charge is -2.02. The number of nitrogens with zero attached hydrogens (tertiary/aromatic N) is 1. The number of hydrogen-bond acceptors (Lipinski definition) is 3. The molecule has 1 aromatic heterocycles. The highest BCUT2D eigenvalue weighted by Gasteiger charge is 2.13. The molecule has 21 heavy (non-hydrogen) atoms. The molecule has 3 rings (SSSR count). The van der Waals surface area contributed by atoms with Gasteiger partial charge in [0.05, 0.1) is 11.0 Å². The fourth-order valence-electron chi connectivity index (χ4n) is 2.24. The lowest BCUT2D eigenvalue weighted by Crippen LogP contribution is -2.20. The maximum absolute atomic E-state index is 12.2. The minimum Gasteiger partial charge on any atom is -0.319 e. The van der Waals surface area contributed by atoms with Crippen LogP contribution in [0.15, 0.2) is 59.4 Å². The molecule has 0 unspecified atom stereocenters. The van der Waals surface area contributed by atoms with E-state index in [4.69, 9.17) is 0 Å². The fourth-order valence-corrected chi connectivity index (χ4v) is 2.24. The average molecular weight is 278 g/mol. The summed E-state index contributed by atoms with van der Waals surface area (Å²) in [5.74, 6) is -0.231. The zero-order valence-corrected chi connectivity index (χ0v) is 11.4. The number of nitrogens with one attached hydrogen (secondary N) is 1. The van der Waals surface area contributed by atoms with E-state index in [1.807, 2.05) is 42.5 Å². The number of para-hydroxylation sites is 2. The third kappa shape index (κ3) is 2.89. The molecule has 0 fully saturated rings. The molecule has 0 atom stereocenters. The van der Waals surface area contributed by atoms with Crippen LogP contribution in [0.1, 0.15) is 22.5 Å². The van der Waals surface area contributed by atoms with Crippen LogP contribution in [-0.4, -0.2) is 15.8 Å². The largest absolute Gasteiger partial charge is 0.319 e. The quantitative estimate of drug-likeness (QED) is 0.746. The van der Waals surface area contributed by atoms with Gasteiger partial charge >= 0.3 is 0 Å². The summed E-state index contributed by atoms with van der Waals surface area (Å²) < 4.78 is 0. The highest BCUT2D eigenvalue weighted by atomic mass is 16.1. The van der Waals surface area contributed by atoms with Gasteiger partial charge in [-0.1, -0.05) is 42.5 Å². The molecule has 0 amide bonds. The van der Waals surface area contributed by atoms with Crippen molar-refractivity contribution in [3.8, 4) is 0 Å². The molecule has 2 aromatic carbocycles. The number of H-pyrrole nitrogens is 1. The van der Waals surface area contributed by atoms with Crippen LogP contribution >= 0.6 is 0 Å². The smallest absolute Gasteiger partial charge is 0.278 e. The van der Waals surface area contributed by atoms with Crippen LogP contribution in [0.25, 0.3) is 11.0 Å². The van der Waals surface area contributed by atoms with Crippen LogP contribution in [0.4, 0.5) is 0 Å². The molecule has 0 aliphatic heterocycles. The highest BCUT2D eigenvalue weighted by Crippen LogP contribution is 2.09. The molecule has 0 saturated heterocycles. The summed E-state index contributed by atoms with van der Waals surface area (Å²) in [4.78, 5) is 31.0. The summed E-state index contributed by atoms with van der Waals surface area (Å²) in [5, 5.41) is 0. The fraction of sp³-hybridized carbons (Fsp3) is 0.118. The summed E-state index contributed by atoms with van der Waals surface area (Å²) in [7, 11) is 0. The van der Waals surface area contributed by atoms with Gasteiger partial charge in [0.2, 0.25) is 0 Å². The monoisotopic (exact) mass is 278 g/mol. The summed E-state index contributed by atoms with van der Waals surface area (Å²) in [6, 6.07) is 16.9. The van der Waals surface area contributed by atoms with E-state index in [1.165, 1.54) is 0 Å². The normalized spacial score (nSPS) is 10.7. The van der Waals surface area contributed by atoms with Crippen LogP contribution < -0.4 is 5.56 Å². The summed E-state index contributed by atoms with van der Waals surface area (Å²) in [6.45, 7) is 0. The lowest BCUT2D eigenvalue weighted by molar-refractivity contribution is 0.0977. The van der Waals surface area contributed by atoms with E-state index in [-0.39, 0.29) is 17.9 Å². The Morgan fingerprint density at radius 3 is 2.52 bits per heavy atom. The molecule has 0 aliphatic rings. The minimum absolute atomic E-state index is 0.00960. The van der Waals surface area contributed by atoms with E-state index in [1.54, 1.807) is 12.1 Å². The SMILES string of the molecule is O=C(CCc1ccccc1)c1nc2ccccc2[nH]c1=O. The number of rotatable bonds is 4. The minimum atomic E-state index is -0.424. The first kappa shape index (κ1) is 13.2. The van der Waals surface area contributed by atoms with Gasteiger partial charge in [0.1, 0.15) is 0 Å². The summed E-state index contributed by atoms with van der Waals surface area (Å²) in [5.41, 5.74) is 1.90. The Labute approximate surface area is 121 Å². The number of ketones is 1. The predicted octanol–water partition coefficient (Wildman–Crippen LogP) is 2.74. The van der Waals surface area contributed by atoms with Gasteiger partial charge < -0.3 is 4.98 Å². The van der Waals surface area contributed by atoms with Gasteiger partial charge in [-0.05, 0) is 24.1 Å². The van der Waals surface area contributed by atoms with Gasteiger partial charge in [-0.15, -0.1) is 0 Å². The third-order valence-corrected chi connectivity index (χ3v) is 3.35. The van der Waals surface area contributed by atoms with Crippen molar-refractivity contribution in [1.29, 1.82) is 0 Å².